The van der Waals surface area contributed by atoms with E-state index in [9.17, 15) is 14.4 Å². The van der Waals surface area contributed by atoms with Crippen LogP contribution >= 0.6 is 0 Å². The summed E-state index contributed by atoms with van der Waals surface area (Å²) in [7, 11) is 0. The lowest BCUT2D eigenvalue weighted by atomic mass is 9.89. The highest BCUT2D eigenvalue weighted by Crippen LogP contribution is 2.23. The maximum absolute atomic E-state index is 12.4. The lowest BCUT2D eigenvalue weighted by Gasteiger charge is -2.21. The van der Waals surface area contributed by atoms with Gasteiger partial charge in [-0.2, -0.15) is 0 Å². The molecule has 0 unspecified atom stereocenters. The van der Waals surface area contributed by atoms with Crippen molar-refractivity contribution in [1.29, 1.82) is 0 Å². The summed E-state index contributed by atoms with van der Waals surface area (Å²) >= 11 is 0. The molecule has 0 heterocycles. The first-order chi connectivity index (χ1) is 13.6. The quantitative estimate of drug-likeness (QED) is 0.546. The first-order valence-electron chi connectivity index (χ1n) is 10.7. The van der Waals surface area contributed by atoms with Crippen LogP contribution in [0.1, 0.15) is 79.3 Å². The van der Waals surface area contributed by atoms with E-state index in [-0.39, 0.29) is 31.1 Å². The number of Topliss-reactive ketones (excluding diaryl/α,β-unsaturated/α-hetero) is 1. The van der Waals surface area contributed by atoms with Crippen LogP contribution in [0.2, 0.25) is 0 Å². The lowest BCUT2D eigenvalue weighted by Crippen LogP contribution is -2.33. The van der Waals surface area contributed by atoms with Crippen LogP contribution in [0.15, 0.2) is 18.2 Å². The number of amides is 1. The molecule has 1 N–H and O–H groups in total. The molecule has 1 amide bonds. The van der Waals surface area contributed by atoms with Gasteiger partial charge in [-0.05, 0) is 61.6 Å². The van der Waals surface area contributed by atoms with Crippen LogP contribution in [0.5, 0.6) is 0 Å². The van der Waals surface area contributed by atoms with Crippen molar-refractivity contribution in [2.75, 3.05) is 13.2 Å². The molecule has 0 saturated heterocycles. The summed E-state index contributed by atoms with van der Waals surface area (Å²) in [6.45, 7) is 0.395. The lowest BCUT2D eigenvalue weighted by molar-refractivity contribution is -0.148. The van der Waals surface area contributed by atoms with Gasteiger partial charge in [0.2, 0.25) is 0 Å². The third-order valence-corrected chi connectivity index (χ3v) is 5.90. The highest BCUT2D eigenvalue weighted by molar-refractivity contribution is 5.97. The number of nitrogens with one attached hydrogen (secondary N) is 1. The molecule has 1 fully saturated rings. The molecule has 0 bridgehead atoms. The number of hydrogen-bond donors (Lipinski definition) is 1. The van der Waals surface area contributed by atoms with Crippen molar-refractivity contribution in [3.63, 3.8) is 0 Å². The third kappa shape index (κ3) is 6.18. The zero-order chi connectivity index (χ0) is 19.8. The fraction of sp³-hybridized carbons (Fsp3) is 0.609. The average Bonchev–Trinajstić information content (AvgIpc) is 2.75. The summed E-state index contributed by atoms with van der Waals surface area (Å²) in [4.78, 5) is 36.1. The SMILES string of the molecule is O=C(COC(=O)CCC(=O)c1ccc2c(c1)CCCC2)NCC1CCCCC1. The van der Waals surface area contributed by atoms with E-state index in [0.717, 1.165) is 25.7 Å². The summed E-state index contributed by atoms with van der Waals surface area (Å²) < 4.78 is 5.02. The zero-order valence-corrected chi connectivity index (χ0v) is 16.6. The van der Waals surface area contributed by atoms with Crippen molar-refractivity contribution < 1.29 is 19.1 Å². The van der Waals surface area contributed by atoms with Crippen LogP contribution < -0.4 is 5.32 Å². The molecule has 1 saturated carbocycles. The van der Waals surface area contributed by atoms with Crippen molar-refractivity contribution in [2.45, 2.75) is 70.6 Å². The van der Waals surface area contributed by atoms with Crippen molar-refractivity contribution in [3.8, 4) is 0 Å². The van der Waals surface area contributed by atoms with Gasteiger partial charge >= 0.3 is 5.97 Å². The summed E-state index contributed by atoms with van der Waals surface area (Å²) in [5.41, 5.74) is 3.26. The molecule has 0 aliphatic heterocycles. The standard InChI is InChI=1S/C23H31NO4/c25-21(20-11-10-18-8-4-5-9-19(18)14-20)12-13-23(27)28-16-22(26)24-15-17-6-2-1-3-7-17/h10-11,14,17H,1-9,12-13,15-16H2,(H,24,26). The van der Waals surface area contributed by atoms with Crippen LogP contribution in [0.4, 0.5) is 0 Å². The molecule has 2 aliphatic rings. The van der Waals surface area contributed by atoms with Gasteiger partial charge < -0.3 is 10.1 Å². The average molecular weight is 386 g/mol. The van der Waals surface area contributed by atoms with Crippen LogP contribution in [0.25, 0.3) is 0 Å². The Morgan fingerprint density at radius 1 is 0.929 bits per heavy atom. The van der Waals surface area contributed by atoms with Gasteiger partial charge in [-0.25, -0.2) is 0 Å². The largest absolute Gasteiger partial charge is 0.456 e. The Kier molecular flexibility index (Phi) is 7.63. The minimum absolute atomic E-state index is 0.00578. The van der Waals surface area contributed by atoms with E-state index in [4.69, 9.17) is 4.74 Å². The molecule has 152 valence electrons. The molecular formula is C23H31NO4. The van der Waals surface area contributed by atoms with Gasteiger partial charge in [0.1, 0.15) is 0 Å². The Bertz CT molecular complexity index is 707. The molecule has 5 heteroatoms. The second-order valence-electron chi connectivity index (χ2n) is 8.08. The van der Waals surface area contributed by atoms with Crippen LogP contribution in [-0.2, 0) is 27.2 Å². The molecule has 1 aromatic rings. The Balaban J connectivity index is 1.34. The van der Waals surface area contributed by atoms with Gasteiger partial charge in [-0.3, -0.25) is 14.4 Å². The summed E-state index contributed by atoms with van der Waals surface area (Å²) in [6, 6.07) is 5.87. The molecule has 3 rings (SSSR count). The Morgan fingerprint density at radius 2 is 1.68 bits per heavy atom. The molecule has 1 aromatic carbocycles. The van der Waals surface area contributed by atoms with Crippen LogP contribution in [-0.4, -0.2) is 30.8 Å². The second-order valence-corrected chi connectivity index (χ2v) is 8.08. The normalized spacial score (nSPS) is 16.9. The van der Waals surface area contributed by atoms with E-state index in [1.807, 2.05) is 18.2 Å². The first kappa shape index (κ1) is 20.6. The predicted molar refractivity (Wildman–Crippen MR) is 107 cm³/mol. The van der Waals surface area contributed by atoms with Crippen molar-refractivity contribution >= 4 is 17.7 Å². The Labute approximate surface area is 167 Å². The molecule has 2 aliphatic carbocycles. The minimum atomic E-state index is -0.501. The Morgan fingerprint density at radius 3 is 2.46 bits per heavy atom. The maximum atomic E-state index is 12.4. The topological polar surface area (TPSA) is 72.5 Å². The van der Waals surface area contributed by atoms with E-state index in [1.54, 1.807) is 0 Å². The highest BCUT2D eigenvalue weighted by Gasteiger charge is 2.17. The fourth-order valence-electron chi connectivity index (χ4n) is 4.19. The van der Waals surface area contributed by atoms with Gasteiger partial charge in [0, 0.05) is 18.5 Å². The molecule has 0 atom stereocenters. The summed E-state index contributed by atoms with van der Waals surface area (Å²) in [6.07, 6.45) is 10.7. The smallest absolute Gasteiger partial charge is 0.306 e. The van der Waals surface area contributed by atoms with E-state index in [0.29, 0.717) is 18.0 Å². The van der Waals surface area contributed by atoms with Gasteiger partial charge in [-0.1, -0.05) is 31.4 Å². The highest BCUT2D eigenvalue weighted by atomic mass is 16.5. The monoisotopic (exact) mass is 385 g/mol. The number of carbonyl (C=O) groups is 3. The number of esters is 1. The van der Waals surface area contributed by atoms with Gasteiger partial charge in [0.25, 0.3) is 5.91 Å². The molecule has 0 radical (unpaired) electrons. The van der Waals surface area contributed by atoms with Crippen LogP contribution in [0, 0.1) is 5.92 Å². The summed E-state index contributed by atoms with van der Waals surface area (Å²) in [5.74, 6) is -0.270. The number of aryl methyl sites for hydroxylation is 2. The number of benzene rings is 1. The number of carbonyl (C=O) groups excluding carboxylic acids is 3. The van der Waals surface area contributed by atoms with E-state index >= 15 is 0 Å². The van der Waals surface area contributed by atoms with E-state index < -0.39 is 5.97 Å². The number of hydrogen-bond acceptors (Lipinski definition) is 4. The van der Waals surface area contributed by atoms with E-state index in [2.05, 4.69) is 5.32 Å². The Hall–Kier alpha value is -2.17. The maximum Gasteiger partial charge on any atom is 0.306 e. The second kappa shape index (κ2) is 10.4. The first-order valence-corrected chi connectivity index (χ1v) is 10.7. The van der Waals surface area contributed by atoms with Gasteiger partial charge in [0.05, 0.1) is 6.42 Å². The number of rotatable bonds is 8. The molecule has 0 spiro atoms. The van der Waals surface area contributed by atoms with Crippen molar-refractivity contribution in [3.05, 3.63) is 34.9 Å². The van der Waals surface area contributed by atoms with Gasteiger partial charge in [0.15, 0.2) is 12.4 Å². The summed E-state index contributed by atoms with van der Waals surface area (Å²) in [5, 5.41) is 2.84. The minimum Gasteiger partial charge on any atom is -0.456 e. The molecule has 28 heavy (non-hydrogen) atoms. The third-order valence-electron chi connectivity index (χ3n) is 5.90. The number of ketones is 1. The predicted octanol–water partition coefficient (Wildman–Crippen LogP) is 3.77. The van der Waals surface area contributed by atoms with E-state index in [1.165, 1.54) is 43.2 Å². The fourth-order valence-corrected chi connectivity index (χ4v) is 4.19. The number of fused-ring (bicyclic) bond motifs is 1. The van der Waals surface area contributed by atoms with Crippen LogP contribution in [0.3, 0.4) is 0 Å². The van der Waals surface area contributed by atoms with Crippen molar-refractivity contribution in [1.82, 2.24) is 5.32 Å². The molecule has 0 aromatic heterocycles. The zero-order valence-electron chi connectivity index (χ0n) is 16.6. The van der Waals surface area contributed by atoms with Gasteiger partial charge in [-0.15, -0.1) is 0 Å². The van der Waals surface area contributed by atoms with Crippen molar-refractivity contribution in [2.24, 2.45) is 5.92 Å². The molecule has 5 nitrogen and oxygen atoms in total. The molecular weight excluding hydrogens is 354 g/mol. The number of ether oxygens (including phenoxy) is 1.